The number of phenols is 1. The standard InChI is InChI=1S/C21H39O3PSi/c1-7-24-26(5,6)17-13-11-9-8-10-12-16-23-20-15-14-19(22)18-21(20)25(2,3)4/h14-15,18H,7-13,16-17H2,1-6H3/p+1. The van der Waals surface area contributed by atoms with E-state index in [0.717, 1.165) is 25.4 Å². The molecule has 0 heterocycles. The minimum atomic E-state index is -1.38. The van der Waals surface area contributed by atoms with Gasteiger partial charge in [-0.05, 0) is 44.6 Å². The van der Waals surface area contributed by atoms with E-state index in [1.165, 1.54) is 43.5 Å². The van der Waals surface area contributed by atoms with Crippen LogP contribution in [0.25, 0.3) is 0 Å². The lowest BCUT2D eigenvalue weighted by Gasteiger charge is -2.21. The first-order valence-electron chi connectivity index (χ1n) is 10.1. The van der Waals surface area contributed by atoms with Crippen LogP contribution in [0.3, 0.4) is 0 Å². The number of ether oxygens (including phenoxy) is 1. The van der Waals surface area contributed by atoms with E-state index >= 15 is 0 Å². The molecule has 0 bridgehead atoms. The molecule has 1 aromatic rings. The fraction of sp³-hybridized carbons (Fsp3) is 0.714. The lowest BCUT2D eigenvalue weighted by atomic mass is 10.1. The molecule has 0 saturated heterocycles. The van der Waals surface area contributed by atoms with Crippen LogP contribution < -0.4 is 10.0 Å². The molecule has 0 atom stereocenters. The molecular formula is C21H40O3PSi+. The molecule has 1 N–H and O–H groups in total. The second-order valence-corrected chi connectivity index (χ2v) is 17.4. The number of unbranched alkanes of at least 4 members (excludes halogenated alkanes) is 5. The zero-order valence-electron chi connectivity index (χ0n) is 17.8. The molecule has 5 heteroatoms. The maximum atomic E-state index is 9.75. The van der Waals surface area contributed by atoms with E-state index in [9.17, 15) is 5.11 Å². The summed E-state index contributed by atoms with van der Waals surface area (Å²) in [5.74, 6) is 1.28. The van der Waals surface area contributed by atoms with Crippen molar-refractivity contribution in [2.24, 2.45) is 0 Å². The molecule has 26 heavy (non-hydrogen) atoms. The molecule has 1 aromatic carbocycles. The molecule has 3 nitrogen and oxygen atoms in total. The van der Waals surface area contributed by atoms with Crippen LogP contribution in [0.1, 0.15) is 45.4 Å². The number of benzene rings is 1. The third-order valence-electron chi connectivity index (χ3n) is 4.63. The molecule has 0 radical (unpaired) electrons. The quantitative estimate of drug-likeness (QED) is 0.255. The second kappa shape index (κ2) is 11.3. The molecule has 0 saturated carbocycles. The average molecular weight is 400 g/mol. The van der Waals surface area contributed by atoms with Gasteiger partial charge in [-0.25, -0.2) is 0 Å². The Labute approximate surface area is 163 Å². The van der Waals surface area contributed by atoms with Gasteiger partial charge in [0.05, 0.1) is 26.6 Å². The van der Waals surface area contributed by atoms with Crippen LogP contribution in [0.2, 0.25) is 19.1 Å². The number of hydrogen-bond acceptors (Lipinski definition) is 3. The fourth-order valence-electron chi connectivity index (χ4n) is 3.16. The maximum absolute atomic E-state index is 9.75. The molecule has 0 unspecified atom stereocenters. The summed E-state index contributed by atoms with van der Waals surface area (Å²) in [6.45, 7) is 15.1. The Hall–Kier alpha value is -0.573. The Bertz CT molecular complexity index is 526. The van der Waals surface area contributed by atoms with Crippen molar-refractivity contribution < 1.29 is 14.3 Å². The number of aromatic hydroxyl groups is 1. The monoisotopic (exact) mass is 399 g/mol. The van der Waals surface area contributed by atoms with Crippen molar-refractivity contribution in [3.05, 3.63) is 18.2 Å². The van der Waals surface area contributed by atoms with Crippen molar-refractivity contribution in [2.45, 2.75) is 64.6 Å². The lowest BCUT2D eigenvalue weighted by molar-refractivity contribution is 0.306. The molecule has 0 aromatic heterocycles. The van der Waals surface area contributed by atoms with Gasteiger partial charge in [-0.2, -0.15) is 0 Å². The molecule has 0 spiro atoms. The minimum absolute atomic E-state index is 0.331. The van der Waals surface area contributed by atoms with E-state index in [1.807, 2.05) is 12.1 Å². The van der Waals surface area contributed by atoms with Gasteiger partial charge in [0.15, 0.2) is 14.1 Å². The van der Waals surface area contributed by atoms with Crippen molar-refractivity contribution in [2.75, 3.05) is 33.2 Å². The summed E-state index contributed by atoms with van der Waals surface area (Å²) in [6.07, 6.45) is 7.55. The third-order valence-corrected chi connectivity index (χ3v) is 9.05. The molecule has 0 aliphatic heterocycles. The zero-order valence-corrected chi connectivity index (χ0v) is 19.7. The van der Waals surface area contributed by atoms with Crippen molar-refractivity contribution in [1.29, 1.82) is 0 Å². The highest BCUT2D eigenvalue weighted by Crippen LogP contribution is 2.48. The molecule has 150 valence electrons. The van der Waals surface area contributed by atoms with E-state index in [4.69, 9.17) is 9.16 Å². The maximum Gasteiger partial charge on any atom is 0.186 e. The Morgan fingerprint density at radius 2 is 1.58 bits per heavy atom. The summed E-state index contributed by atoms with van der Waals surface area (Å²) in [5, 5.41) is 10.9. The Morgan fingerprint density at radius 1 is 0.962 bits per heavy atom. The topological polar surface area (TPSA) is 38.7 Å². The number of hydrogen-bond donors (Lipinski definition) is 1. The van der Waals surface area contributed by atoms with Crippen LogP contribution >= 0.6 is 7.26 Å². The van der Waals surface area contributed by atoms with Crippen LogP contribution in [-0.2, 0) is 4.43 Å². The van der Waals surface area contributed by atoms with Crippen molar-refractivity contribution in [3.8, 4) is 11.5 Å². The number of phenolic OH excluding ortho intramolecular Hbond substituents is 1. The summed E-state index contributed by atoms with van der Waals surface area (Å²) in [6, 6.07) is 6.79. The number of rotatable bonds is 13. The Kier molecular flexibility index (Phi) is 10.2. The van der Waals surface area contributed by atoms with Gasteiger partial charge in [0.2, 0.25) is 0 Å². The van der Waals surface area contributed by atoms with Crippen LogP contribution in [0.15, 0.2) is 18.2 Å². The van der Waals surface area contributed by atoms with Crippen molar-refractivity contribution >= 4 is 20.9 Å². The van der Waals surface area contributed by atoms with Crippen molar-refractivity contribution in [3.63, 3.8) is 0 Å². The van der Waals surface area contributed by atoms with Gasteiger partial charge in [-0.3, -0.25) is 0 Å². The van der Waals surface area contributed by atoms with Crippen LogP contribution in [0, 0.1) is 0 Å². The summed E-state index contributed by atoms with van der Waals surface area (Å²) in [7, 11) is -2.60. The molecule has 1 rings (SSSR count). The fourth-order valence-corrected chi connectivity index (χ4v) is 6.50. The van der Waals surface area contributed by atoms with Gasteiger partial charge in [-0.15, -0.1) is 0 Å². The molecule has 0 aliphatic carbocycles. The predicted octanol–water partition coefficient (Wildman–Crippen LogP) is 5.89. The van der Waals surface area contributed by atoms with Gasteiger partial charge >= 0.3 is 0 Å². The molecule has 0 fully saturated rings. The smallest absolute Gasteiger partial charge is 0.186 e. The Morgan fingerprint density at radius 3 is 2.19 bits per heavy atom. The summed E-state index contributed by atoms with van der Waals surface area (Å²) in [5.41, 5.74) is 0. The average Bonchev–Trinajstić information content (AvgIpc) is 2.53. The zero-order chi connectivity index (χ0) is 19.6. The highest BCUT2D eigenvalue weighted by atomic mass is 31.2. The minimum Gasteiger partial charge on any atom is -0.508 e. The molecular weight excluding hydrogens is 359 g/mol. The van der Waals surface area contributed by atoms with E-state index in [0.29, 0.717) is 5.75 Å². The SMILES string of the molecule is CCO[Si](C)(C)CCCCCCCCOc1ccc(O)cc1[P+](C)(C)C. The van der Waals surface area contributed by atoms with Crippen LogP contribution in [0.5, 0.6) is 11.5 Å². The van der Waals surface area contributed by atoms with Gasteiger partial charge < -0.3 is 14.3 Å². The molecule has 0 aliphatic rings. The van der Waals surface area contributed by atoms with Crippen LogP contribution in [0.4, 0.5) is 0 Å². The first-order valence-corrected chi connectivity index (χ1v) is 16.3. The van der Waals surface area contributed by atoms with E-state index in [-0.39, 0.29) is 0 Å². The second-order valence-electron chi connectivity index (χ2n) is 8.58. The predicted molar refractivity (Wildman–Crippen MR) is 120 cm³/mol. The first kappa shape index (κ1) is 23.5. The summed E-state index contributed by atoms with van der Waals surface area (Å²) < 4.78 is 11.9. The van der Waals surface area contributed by atoms with Gasteiger partial charge in [0, 0.05) is 19.9 Å². The lowest BCUT2D eigenvalue weighted by Crippen LogP contribution is -2.29. The molecule has 0 amide bonds. The van der Waals surface area contributed by atoms with Crippen molar-refractivity contribution in [1.82, 2.24) is 0 Å². The van der Waals surface area contributed by atoms with E-state index < -0.39 is 15.6 Å². The van der Waals surface area contributed by atoms with Gasteiger partial charge in [-0.1, -0.05) is 32.1 Å². The largest absolute Gasteiger partial charge is 0.508 e. The first-order chi connectivity index (χ1) is 12.2. The third kappa shape index (κ3) is 9.39. The normalized spacial score (nSPS) is 12.4. The van der Waals surface area contributed by atoms with E-state index in [2.05, 4.69) is 40.0 Å². The highest BCUT2D eigenvalue weighted by Gasteiger charge is 2.26. The summed E-state index contributed by atoms with van der Waals surface area (Å²) in [4.78, 5) is 0. The van der Waals surface area contributed by atoms with Gasteiger partial charge in [0.1, 0.15) is 11.1 Å². The summed E-state index contributed by atoms with van der Waals surface area (Å²) >= 11 is 0. The highest BCUT2D eigenvalue weighted by molar-refractivity contribution is 7.81. The van der Waals surface area contributed by atoms with Gasteiger partial charge in [0.25, 0.3) is 0 Å². The Balaban J connectivity index is 2.19. The van der Waals surface area contributed by atoms with E-state index in [1.54, 1.807) is 6.07 Å². The van der Waals surface area contributed by atoms with Crippen LogP contribution in [-0.4, -0.2) is 46.6 Å².